The van der Waals surface area contributed by atoms with Crippen molar-refractivity contribution in [2.24, 2.45) is 0 Å². The van der Waals surface area contributed by atoms with Crippen LogP contribution in [-0.4, -0.2) is 44.2 Å². The third-order valence-corrected chi connectivity index (χ3v) is 5.35. The number of rotatable bonds is 9. The van der Waals surface area contributed by atoms with E-state index in [1.807, 2.05) is 6.92 Å². The number of methoxy groups -OCH3 is 1. The molecule has 0 aliphatic heterocycles. The Kier molecular flexibility index (Phi) is 7.74. The van der Waals surface area contributed by atoms with E-state index in [1.54, 1.807) is 32.2 Å². The summed E-state index contributed by atoms with van der Waals surface area (Å²) in [6, 6.07) is 5.34. The molecule has 0 saturated carbocycles. The summed E-state index contributed by atoms with van der Waals surface area (Å²) in [5.74, 6) is 2.23. The van der Waals surface area contributed by atoms with Crippen LogP contribution in [0.5, 0.6) is 11.5 Å². The van der Waals surface area contributed by atoms with E-state index >= 15 is 0 Å². The lowest BCUT2D eigenvalue weighted by Gasteiger charge is -2.19. The zero-order chi connectivity index (χ0) is 20.0. The molecule has 27 heavy (non-hydrogen) atoms. The Morgan fingerprint density at radius 3 is 2.44 bits per heavy atom. The number of likely N-dealkylation sites (N-methyl/N-ethyl adjacent to an activating group) is 1. The molecule has 2 aromatic rings. The number of benzene rings is 1. The average molecular weight is 439 g/mol. The number of hydrogen-bond donors (Lipinski definition) is 1. The van der Waals surface area contributed by atoms with Crippen LogP contribution >= 0.6 is 15.9 Å². The summed E-state index contributed by atoms with van der Waals surface area (Å²) in [6.07, 6.45) is 0. The third kappa shape index (κ3) is 5.26. The maximum absolute atomic E-state index is 12.6. The Morgan fingerprint density at radius 2 is 1.89 bits per heavy atom. The first-order chi connectivity index (χ1) is 12.9. The van der Waals surface area contributed by atoms with E-state index in [0.29, 0.717) is 45.3 Å². The molecule has 6 nitrogen and oxygen atoms in total. The van der Waals surface area contributed by atoms with Crippen LogP contribution in [0.4, 0.5) is 5.69 Å². The highest BCUT2D eigenvalue weighted by Gasteiger charge is 2.20. The van der Waals surface area contributed by atoms with Gasteiger partial charge in [0.2, 0.25) is 0 Å². The van der Waals surface area contributed by atoms with Gasteiger partial charge in [0.15, 0.2) is 11.5 Å². The van der Waals surface area contributed by atoms with Crippen molar-refractivity contribution in [2.75, 3.05) is 38.7 Å². The minimum Gasteiger partial charge on any atom is -0.493 e. The van der Waals surface area contributed by atoms with Crippen molar-refractivity contribution in [3.63, 3.8) is 0 Å². The van der Waals surface area contributed by atoms with Crippen LogP contribution in [0.15, 0.2) is 27.1 Å². The number of nitrogens with zero attached hydrogens (tertiary/aromatic N) is 1. The van der Waals surface area contributed by atoms with Crippen molar-refractivity contribution >= 4 is 27.5 Å². The highest BCUT2D eigenvalue weighted by molar-refractivity contribution is 9.10. The fourth-order valence-electron chi connectivity index (χ4n) is 2.80. The Labute approximate surface area is 168 Å². The van der Waals surface area contributed by atoms with Gasteiger partial charge < -0.3 is 24.1 Å². The second-order valence-electron chi connectivity index (χ2n) is 6.10. The predicted octanol–water partition coefficient (Wildman–Crippen LogP) is 4.64. The molecule has 0 aliphatic rings. The van der Waals surface area contributed by atoms with Crippen molar-refractivity contribution in [3.05, 3.63) is 39.8 Å². The monoisotopic (exact) mass is 438 g/mol. The van der Waals surface area contributed by atoms with E-state index in [9.17, 15) is 4.79 Å². The second kappa shape index (κ2) is 9.80. The number of carbonyl (C=O) groups is 1. The number of aryl methyl sites for hydroxylation is 2. The summed E-state index contributed by atoms with van der Waals surface area (Å²) in [4.78, 5) is 14.9. The van der Waals surface area contributed by atoms with E-state index in [1.165, 1.54) is 0 Å². The maximum atomic E-state index is 12.6. The maximum Gasteiger partial charge on any atom is 0.260 e. The zero-order valence-electron chi connectivity index (χ0n) is 16.5. The van der Waals surface area contributed by atoms with Gasteiger partial charge in [-0.3, -0.25) is 4.79 Å². The molecule has 1 aromatic carbocycles. The Bertz CT molecular complexity index is 785. The fraction of sp³-hybridized carbons (Fsp3) is 0.450. The standard InChI is InChI=1S/C20H27BrN2O4/c1-6-23(7-2)10-11-26-17-12-15(8-9-16(17)25-5)22-20(24)18-13(3)27-14(4)19(18)21/h8-9,12H,6-7,10-11H2,1-5H3,(H,22,24). The van der Waals surface area contributed by atoms with E-state index in [4.69, 9.17) is 13.9 Å². The molecule has 2 rings (SSSR count). The molecule has 1 aromatic heterocycles. The number of carbonyl (C=O) groups excluding carboxylic acids is 1. The summed E-state index contributed by atoms with van der Waals surface area (Å²) in [7, 11) is 1.60. The first kappa shape index (κ1) is 21.3. The normalized spacial score (nSPS) is 10.9. The van der Waals surface area contributed by atoms with Crippen molar-refractivity contribution in [2.45, 2.75) is 27.7 Å². The third-order valence-electron chi connectivity index (χ3n) is 4.39. The van der Waals surface area contributed by atoms with Crippen LogP contribution in [0, 0.1) is 13.8 Å². The summed E-state index contributed by atoms with van der Waals surface area (Å²) in [6.45, 7) is 11.1. The average Bonchev–Trinajstić information content (AvgIpc) is 2.91. The molecule has 7 heteroatoms. The van der Waals surface area contributed by atoms with Crippen LogP contribution < -0.4 is 14.8 Å². The van der Waals surface area contributed by atoms with Crippen molar-refractivity contribution in [1.82, 2.24) is 4.90 Å². The first-order valence-corrected chi connectivity index (χ1v) is 9.80. The van der Waals surface area contributed by atoms with Crippen molar-refractivity contribution < 1.29 is 18.7 Å². The molecular formula is C20H27BrN2O4. The summed E-state index contributed by atoms with van der Waals surface area (Å²) < 4.78 is 17.4. The number of amides is 1. The molecule has 0 atom stereocenters. The number of anilines is 1. The quantitative estimate of drug-likeness (QED) is 0.617. The van der Waals surface area contributed by atoms with Crippen LogP contribution in [0.25, 0.3) is 0 Å². The number of ether oxygens (including phenoxy) is 2. The van der Waals surface area contributed by atoms with Gasteiger partial charge in [0.25, 0.3) is 5.91 Å². The topological polar surface area (TPSA) is 63.9 Å². The number of nitrogens with one attached hydrogen (secondary N) is 1. The van der Waals surface area contributed by atoms with Gasteiger partial charge in [-0.1, -0.05) is 13.8 Å². The highest BCUT2D eigenvalue weighted by atomic mass is 79.9. The lowest BCUT2D eigenvalue weighted by Crippen LogP contribution is -2.28. The highest BCUT2D eigenvalue weighted by Crippen LogP contribution is 2.32. The molecule has 1 N–H and O–H groups in total. The fourth-order valence-corrected chi connectivity index (χ4v) is 3.34. The zero-order valence-corrected chi connectivity index (χ0v) is 18.1. The molecular weight excluding hydrogens is 412 g/mol. The van der Waals surface area contributed by atoms with E-state index in [-0.39, 0.29) is 5.91 Å². The van der Waals surface area contributed by atoms with Gasteiger partial charge in [0, 0.05) is 18.3 Å². The SMILES string of the molecule is CCN(CC)CCOc1cc(NC(=O)c2c(C)oc(C)c2Br)ccc1OC. The van der Waals surface area contributed by atoms with Gasteiger partial charge in [0.1, 0.15) is 18.1 Å². The predicted molar refractivity (Wildman–Crippen MR) is 110 cm³/mol. The molecule has 0 fully saturated rings. The minimum absolute atomic E-state index is 0.240. The Morgan fingerprint density at radius 1 is 1.19 bits per heavy atom. The molecule has 0 bridgehead atoms. The largest absolute Gasteiger partial charge is 0.493 e. The molecule has 1 heterocycles. The summed E-state index contributed by atoms with van der Waals surface area (Å²) in [5.41, 5.74) is 1.12. The van der Waals surface area contributed by atoms with Crippen LogP contribution in [0.2, 0.25) is 0 Å². The molecule has 1 amide bonds. The Balaban J connectivity index is 2.12. The first-order valence-electron chi connectivity index (χ1n) is 9.01. The number of furan rings is 1. The lowest BCUT2D eigenvalue weighted by molar-refractivity contribution is 0.102. The van der Waals surface area contributed by atoms with Crippen LogP contribution in [0.1, 0.15) is 35.7 Å². The lowest BCUT2D eigenvalue weighted by atomic mass is 10.2. The molecule has 0 unspecified atom stereocenters. The number of hydrogen-bond acceptors (Lipinski definition) is 5. The molecule has 148 valence electrons. The number of halogens is 1. The van der Waals surface area contributed by atoms with Gasteiger partial charge in [-0.05, 0) is 55.0 Å². The molecule has 0 spiro atoms. The second-order valence-corrected chi connectivity index (χ2v) is 6.89. The van der Waals surface area contributed by atoms with Gasteiger partial charge in [-0.25, -0.2) is 0 Å². The van der Waals surface area contributed by atoms with E-state index in [2.05, 4.69) is 40.0 Å². The molecule has 0 radical (unpaired) electrons. The minimum atomic E-state index is -0.240. The van der Waals surface area contributed by atoms with E-state index < -0.39 is 0 Å². The van der Waals surface area contributed by atoms with Gasteiger partial charge in [-0.2, -0.15) is 0 Å². The summed E-state index contributed by atoms with van der Waals surface area (Å²) in [5, 5.41) is 2.89. The summed E-state index contributed by atoms with van der Waals surface area (Å²) >= 11 is 3.41. The smallest absolute Gasteiger partial charge is 0.260 e. The van der Waals surface area contributed by atoms with Gasteiger partial charge >= 0.3 is 0 Å². The van der Waals surface area contributed by atoms with Crippen molar-refractivity contribution in [3.8, 4) is 11.5 Å². The van der Waals surface area contributed by atoms with Crippen LogP contribution in [0.3, 0.4) is 0 Å². The van der Waals surface area contributed by atoms with Gasteiger partial charge in [-0.15, -0.1) is 0 Å². The van der Waals surface area contributed by atoms with Crippen LogP contribution in [-0.2, 0) is 0 Å². The van der Waals surface area contributed by atoms with E-state index in [0.717, 1.165) is 19.6 Å². The van der Waals surface area contributed by atoms with Gasteiger partial charge in [0.05, 0.1) is 17.1 Å². The molecule has 0 aliphatic carbocycles. The Hall–Kier alpha value is -1.99. The molecule has 0 saturated heterocycles. The van der Waals surface area contributed by atoms with Crippen molar-refractivity contribution in [1.29, 1.82) is 0 Å².